The fourth-order valence-electron chi connectivity index (χ4n) is 2.75. The fourth-order valence-corrected chi connectivity index (χ4v) is 2.75. The Morgan fingerprint density at radius 1 is 1.35 bits per heavy atom. The van der Waals surface area contributed by atoms with Crippen LogP contribution in [0.2, 0.25) is 0 Å². The molecule has 1 fully saturated rings. The van der Waals surface area contributed by atoms with Crippen LogP contribution in [0.15, 0.2) is 22.6 Å². The van der Waals surface area contributed by atoms with E-state index in [9.17, 15) is 13.6 Å². The minimum atomic E-state index is -0.951. The fraction of sp³-hybridized carbons (Fsp3) is 0.400. The SMILES string of the molecule is Nc1nnc(C2CCCN(C(=O)Cc3ccc(F)c(F)c3)C2)o1. The number of aromatic nitrogens is 2. The third-order valence-corrected chi connectivity index (χ3v) is 3.92. The molecule has 1 aromatic carbocycles. The number of likely N-dealkylation sites (tertiary alicyclic amines) is 1. The predicted molar refractivity (Wildman–Crippen MR) is 77.3 cm³/mol. The number of carbonyl (C=O) groups excluding carboxylic acids is 1. The second-order valence-electron chi connectivity index (χ2n) is 5.58. The molecular weight excluding hydrogens is 306 g/mol. The van der Waals surface area contributed by atoms with Gasteiger partial charge in [-0.2, -0.15) is 0 Å². The standard InChI is InChI=1S/C15H16F2N4O2/c16-11-4-3-9(6-12(11)17)7-13(22)21-5-1-2-10(8-21)14-19-20-15(18)23-14/h3-4,6,10H,1-2,5,7-8H2,(H2,18,20). The van der Waals surface area contributed by atoms with E-state index in [4.69, 9.17) is 10.2 Å². The number of benzene rings is 1. The molecule has 1 aromatic heterocycles. The van der Waals surface area contributed by atoms with Gasteiger partial charge in [0.2, 0.25) is 11.8 Å². The van der Waals surface area contributed by atoms with Gasteiger partial charge in [0.15, 0.2) is 11.6 Å². The number of rotatable bonds is 3. The first-order valence-corrected chi connectivity index (χ1v) is 7.33. The summed E-state index contributed by atoms with van der Waals surface area (Å²) in [6, 6.07) is 3.49. The molecule has 1 saturated heterocycles. The number of nitrogen functional groups attached to an aromatic ring is 1. The maximum absolute atomic E-state index is 13.2. The summed E-state index contributed by atoms with van der Waals surface area (Å²) in [4.78, 5) is 14.0. The van der Waals surface area contributed by atoms with Gasteiger partial charge in [-0.15, -0.1) is 5.10 Å². The Labute approximate surface area is 131 Å². The molecule has 23 heavy (non-hydrogen) atoms. The minimum absolute atomic E-state index is 0.00485. The summed E-state index contributed by atoms with van der Waals surface area (Å²) >= 11 is 0. The molecule has 1 amide bonds. The average Bonchev–Trinajstić information content (AvgIpc) is 2.98. The predicted octanol–water partition coefficient (Wildman–Crippen LogP) is 1.88. The van der Waals surface area contributed by atoms with E-state index in [-0.39, 0.29) is 24.3 Å². The molecule has 2 aromatic rings. The first-order chi connectivity index (χ1) is 11.0. The van der Waals surface area contributed by atoms with Crippen molar-refractivity contribution in [1.29, 1.82) is 0 Å². The van der Waals surface area contributed by atoms with Crippen LogP contribution in [0.5, 0.6) is 0 Å². The average molecular weight is 322 g/mol. The van der Waals surface area contributed by atoms with Crippen LogP contribution in [-0.4, -0.2) is 34.1 Å². The van der Waals surface area contributed by atoms with Gasteiger partial charge in [-0.05, 0) is 30.5 Å². The topological polar surface area (TPSA) is 85.2 Å². The third-order valence-electron chi connectivity index (χ3n) is 3.92. The molecule has 3 rings (SSSR count). The maximum atomic E-state index is 13.2. The van der Waals surface area contributed by atoms with Crippen molar-refractivity contribution in [1.82, 2.24) is 15.1 Å². The number of amides is 1. The van der Waals surface area contributed by atoms with E-state index in [1.54, 1.807) is 4.90 Å². The van der Waals surface area contributed by atoms with Gasteiger partial charge in [0.05, 0.1) is 12.3 Å². The van der Waals surface area contributed by atoms with Crippen molar-refractivity contribution >= 4 is 11.9 Å². The Morgan fingerprint density at radius 2 is 2.17 bits per heavy atom. The summed E-state index contributed by atoms with van der Waals surface area (Å²) in [5.41, 5.74) is 5.86. The quantitative estimate of drug-likeness (QED) is 0.932. The van der Waals surface area contributed by atoms with Crippen LogP contribution < -0.4 is 5.73 Å². The van der Waals surface area contributed by atoms with Crippen molar-refractivity contribution in [3.05, 3.63) is 41.3 Å². The molecule has 0 radical (unpaired) electrons. The first-order valence-electron chi connectivity index (χ1n) is 7.33. The highest BCUT2D eigenvalue weighted by Crippen LogP contribution is 2.26. The Kier molecular flexibility index (Phi) is 4.22. The van der Waals surface area contributed by atoms with Gasteiger partial charge in [-0.3, -0.25) is 4.79 Å². The molecule has 2 heterocycles. The lowest BCUT2D eigenvalue weighted by atomic mass is 9.97. The lowest BCUT2D eigenvalue weighted by molar-refractivity contribution is -0.131. The molecule has 0 bridgehead atoms. The number of nitrogens with two attached hydrogens (primary N) is 1. The summed E-state index contributed by atoms with van der Waals surface area (Å²) in [7, 11) is 0. The summed E-state index contributed by atoms with van der Waals surface area (Å²) < 4.78 is 31.4. The van der Waals surface area contributed by atoms with Crippen molar-refractivity contribution in [2.75, 3.05) is 18.8 Å². The van der Waals surface area contributed by atoms with E-state index in [1.165, 1.54) is 6.07 Å². The molecule has 8 heteroatoms. The Hall–Kier alpha value is -2.51. The molecule has 0 spiro atoms. The highest BCUT2D eigenvalue weighted by atomic mass is 19.2. The van der Waals surface area contributed by atoms with Gasteiger partial charge in [0.25, 0.3) is 0 Å². The number of piperidine rings is 1. The van der Waals surface area contributed by atoms with Crippen LogP contribution in [0.4, 0.5) is 14.8 Å². The Bertz CT molecular complexity index is 719. The first kappa shape index (κ1) is 15.4. The van der Waals surface area contributed by atoms with Gasteiger partial charge in [-0.25, -0.2) is 8.78 Å². The summed E-state index contributed by atoms with van der Waals surface area (Å²) in [6.07, 6.45) is 1.66. The third kappa shape index (κ3) is 3.46. The van der Waals surface area contributed by atoms with Crippen molar-refractivity contribution in [2.24, 2.45) is 0 Å². The van der Waals surface area contributed by atoms with Gasteiger partial charge in [0.1, 0.15) is 0 Å². The van der Waals surface area contributed by atoms with Gasteiger partial charge >= 0.3 is 6.01 Å². The number of carbonyl (C=O) groups is 1. The second kappa shape index (κ2) is 6.31. The molecule has 0 saturated carbocycles. The van der Waals surface area contributed by atoms with E-state index in [1.807, 2.05) is 0 Å². The van der Waals surface area contributed by atoms with Crippen LogP contribution in [0, 0.1) is 11.6 Å². The van der Waals surface area contributed by atoms with E-state index >= 15 is 0 Å². The van der Waals surface area contributed by atoms with Crippen molar-refractivity contribution in [3.8, 4) is 0 Å². The summed E-state index contributed by atoms with van der Waals surface area (Å²) in [5.74, 6) is -1.65. The number of anilines is 1. The largest absolute Gasteiger partial charge is 0.408 e. The zero-order valence-electron chi connectivity index (χ0n) is 12.3. The lowest BCUT2D eigenvalue weighted by Gasteiger charge is -2.31. The minimum Gasteiger partial charge on any atom is -0.408 e. The lowest BCUT2D eigenvalue weighted by Crippen LogP contribution is -2.40. The van der Waals surface area contributed by atoms with Crippen LogP contribution >= 0.6 is 0 Å². The van der Waals surface area contributed by atoms with Crippen molar-refractivity contribution < 1.29 is 18.0 Å². The molecule has 2 N–H and O–H groups in total. The highest BCUT2D eigenvalue weighted by Gasteiger charge is 2.28. The number of hydrogen-bond donors (Lipinski definition) is 1. The molecule has 1 atom stereocenters. The van der Waals surface area contributed by atoms with E-state index < -0.39 is 11.6 Å². The normalized spacial score (nSPS) is 18.2. The van der Waals surface area contributed by atoms with Crippen molar-refractivity contribution in [2.45, 2.75) is 25.2 Å². The smallest absolute Gasteiger partial charge is 0.312 e. The van der Waals surface area contributed by atoms with E-state index in [0.29, 0.717) is 24.5 Å². The van der Waals surface area contributed by atoms with Gasteiger partial charge in [0, 0.05) is 13.1 Å². The molecule has 6 nitrogen and oxygen atoms in total. The molecule has 0 aliphatic carbocycles. The van der Waals surface area contributed by atoms with Crippen LogP contribution in [0.25, 0.3) is 0 Å². The number of nitrogens with zero attached hydrogens (tertiary/aromatic N) is 3. The van der Waals surface area contributed by atoms with E-state index in [2.05, 4.69) is 10.2 Å². The number of hydrogen-bond acceptors (Lipinski definition) is 5. The van der Waals surface area contributed by atoms with Crippen LogP contribution in [0.1, 0.15) is 30.2 Å². The highest BCUT2D eigenvalue weighted by molar-refractivity contribution is 5.79. The second-order valence-corrected chi connectivity index (χ2v) is 5.58. The number of halogens is 2. The van der Waals surface area contributed by atoms with Crippen molar-refractivity contribution in [3.63, 3.8) is 0 Å². The van der Waals surface area contributed by atoms with E-state index in [0.717, 1.165) is 25.0 Å². The molecule has 1 unspecified atom stereocenters. The zero-order valence-corrected chi connectivity index (χ0v) is 12.3. The van der Waals surface area contributed by atoms with Gasteiger partial charge < -0.3 is 15.1 Å². The maximum Gasteiger partial charge on any atom is 0.312 e. The molecule has 1 aliphatic heterocycles. The molecular formula is C15H16F2N4O2. The van der Waals surface area contributed by atoms with Gasteiger partial charge in [-0.1, -0.05) is 11.2 Å². The van der Waals surface area contributed by atoms with Crippen LogP contribution in [-0.2, 0) is 11.2 Å². The summed E-state index contributed by atoms with van der Waals surface area (Å²) in [6.45, 7) is 1.06. The monoisotopic (exact) mass is 322 g/mol. The summed E-state index contributed by atoms with van der Waals surface area (Å²) in [5, 5.41) is 7.50. The molecule has 1 aliphatic rings. The Morgan fingerprint density at radius 3 is 2.87 bits per heavy atom. The van der Waals surface area contributed by atoms with Crippen LogP contribution in [0.3, 0.4) is 0 Å². The zero-order chi connectivity index (χ0) is 16.4. The molecule has 122 valence electrons. The Balaban J connectivity index is 1.65.